The number of sulfonamides is 1. The Morgan fingerprint density at radius 1 is 1.32 bits per heavy atom. The molecule has 0 spiro atoms. The Labute approximate surface area is 181 Å². The number of halogens is 1. The number of hydrogen-bond acceptors (Lipinski definition) is 6. The fraction of sp³-hybridized carbons (Fsp3) is 0.550. The van der Waals surface area contributed by atoms with Crippen LogP contribution in [-0.4, -0.2) is 75.3 Å². The van der Waals surface area contributed by atoms with Crippen molar-refractivity contribution < 1.29 is 31.9 Å². The molecule has 172 valence electrons. The number of esters is 1. The van der Waals surface area contributed by atoms with Gasteiger partial charge in [-0.25, -0.2) is 12.8 Å². The van der Waals surface area contributed by atoms with Crippen molar-refractivity contribution in [1.82, 2.24) is 14.5 Å². The molecule has 0 radical (unpaired) electrons. The van der Waals surface area contributed by atoms with Crippen LogP contribution in [0.1, 0.15) is 26.7 Å². The van der Waals surface area contributed by atoms with Crippen LogP contribution in [0.25, 0.3) is 0 Å². The predicted octanol–water partition coefficient (Wildman–Crippen LogP) is 0.753. The van der Waals surface area contributed by atoms with Gasteiger partial charge in [0.15, 0.2) is 0 Å². The van der Waals surface area contributed by atoms with Gasteiger partial charge in [-0.15, -0.1) is 0 Å². The Morgan fingerprint density at radius 2 is 2.00 bits per heavy atom. The molecule has 1 heterocycles. The first-order chi connectivity index (χ1) is 14.6. The highest BCUT2D eigenvalue weighted by molar-refractivity contribution is 7.89. The van der Waals surface area contributed by atoms with Crippen molar-refractivity contribution in [1.29, 1.82) is 0 Å². The van der Waals surface area contributed by atoms with E-state index in [1.54, 1.807) is 6.92 Å². The summed E-state index contributed by atoms with van der Waals surface area (Å²) in [6, 6.07) is 3.62. The zero-order valence-corrected chi connectivity index (χ0v) is 18.7. The van der Waals surface area contributed by atoms with Crippen LogP contribution < -0.4 is 4.72 Å². The lowest BCUT2D eigenvalue weighted by atomic mass is 9.98. The number of piperidine rings is 1. The number of likely N-dealkylation sites (tertiary alicyclic amines) is 1. The van der Waals surface area contributed by atoms with Crippen molar-refractivity contribution in [3.8, 4) is 0 Å². The average molecular weight is 458 g/mol. The third-order valence-electron chi connectivity index (χ3n) is 4.97. The van der Waals surface area contributed by atoms with Gasteiger partial charge in [0.1, 0.15) is 10.7 Å². The number of amides is 2. The molecule has 0 aliphatic carbocycles. The monoisotopic (exact) mass is 457 g/mol. The van der Waals surface area contributed by atoms with Gasteiger partial charge in [-0.05, 0) is 38.8 Å². The van der Waals surface area contributed by atoms with Gasteiger partial charge in [0.2, 0.25) is 21.8 Å². The first kappa shape index (κ1) is 24.7. The SMILES string of the molecule is CCOC(=O)C1CCCN(C(=O)CN(C)C(=O)[C@H](C)NS(=O)(=O)c2ccccc2F)C1. The van der Waals surface area contributed by atoms with E-state index in [4.69, 9.17) is 4.74 Å². The molecule has 11 heteroatoms. The van der Waals surface area contributed by atoms with Gasteiger partial charge in [0.25, 0.3) is 0 Å². The minimum absolute atomic E-state index is 0.217. The summed E-state index contributed by atoms with van der Waals surface area (Å²) in [5, 5.41) is 0. The Morgan fingerprint density at radius 3 is 2.65 bits per heavy atom. The molecule has 1 aromatic rings. The van der Waals surface area contributed by atoms with Crippen molar-refractivity contribution in [2.75, 3.05) is 33.3 Å². The van der Waals surface area contributed by atoms with Crippen LogP contribution in [0.3, 0.4) is 0 Å². The second kappa shape index (κ2) is 10.7. The van der Waals surface area contributed by atoms with Gasteiger partial charge in [0.05, 0.1) is 25.1 Å². The van der Waals surface area contributed by atoms with Crippen LogP contribution in [0.4, 0.5) is 4.39 Å². The molecule has 2 amide bonds. The number of rotatable bonds is 8. The minimum atomic E-state index is -4.26. The number of benzene rings is 1. The minimum Gasteiger partial charge on any atom is -0.466 e. The summed E-state index contributed by atoms with van der Waals surface area (Å²) in [5.74, 6) is -2.67. The third kappa shape index (κ3) is 6.47. The molecule has 1 fully saturated rings. The standard InChI is InChI=1S/C20H28FN3O6S/c1-4-30-20(27)15-8-7-11-24(12-15)18(25)13-23(3)19(26)14(2)22-31(28,29)17-10-6-5-9-16(17)21/h5-6,9-10,14-15,22H,4,7-8,11-13H2,1-3H3/t14-,15?/m0/s1. The number of carbonyl (C=O) groups excluding carboxylic acids is 3. The summed E-state index contributed by atoms with van der Waals surface area (Å²) in [6.45, 7) is 3.70. The van der Waals surface area contributed by atoms with Crippen molar-refractivity contribution in [3.05, 3.63) is 30.1 Å². The van der Waals surface area contributed by atoms with Crippen molar-refractivity contribution >= 4 is 27.8 Å². The quantitative estimate of drug-likeness (QED) is 0.577. The maximum Gasteiger partial charge on any atom is 0.310 e. The number of carbonyl (C=O) groups is 3. The molecule has 2 atom stereocenters. The molecule has 0 bridgehead atoms. The van der Waals surface area contributed by atoms with Crippen molar-refractivity contribution in [2.24, 2.45) is 5.92 Å². The van der Waals surface area contributed by atoms with E-state index >= 15 is 0 Å². The van der Waals surface area contributed by atoms with Gasteiger partial charge >= 0.3 is 5.97 Å². The van der Waals surface area contributed by atoms with E-state index in [0.717, 1.165) is 17.0 Å². The number of hydrogen-bond donors (Lipinski definition) is 1. The highest BCUT2D eigenvalue weighted by Gasteiger charge is 2.31. The molecule has 1 N–H and O–H groups in total. The predicted molar refractivity (Wildman–Crippen MR) is 110 cm³/mol. The van der Waals surface area contributed by atoms with E-state index < -0.39 is 38.6 Å². The van der Waals surface area contributed by atoms with Gasteiger partial charge in [-0.2, -0.15) is 4.72 Å². The molecule has 1 saturated heterocycles. The summed E-state index contributed by atoms with van der Waals surface area (Å²) in [6.07, 6.45) is 1.28. The molecule has 31 heavy (non-hydrogen) atoms. The highest BCUT2D eigenvalue weighted by atomic mass is 32.2. The lowest BCUT2D eigenvalue weighted by Crippen LogP contribution is -2.50. The lowest BCUT2D eigenvalue weighted by molar-refractivity contribution is -0.152. The smallest absolute Gasteiger partial charge is 0.310 e. The zero-order valence-electron chi connectivity index (χ0n) is 17.8. The van der Waals surface area contributed by atoms with Crippen LogP contribution in [0.2, 0.25) is 0 Å². The summed E-state index contributed by atoms with van der Waals surface area (Å²) < 4.78 is 45.7. The number of ether oxygens (including phenoxy) is 1. The van der Waals surface area contributed by atoms with Gasteiger partial charge in [-0.3, -0.25) is 14.4 Å². The fourth-order valence-corrected chi connectivity index (χ4v) is 4.65. The Balaban J connectivity index is 1.96. The van der Waals surface area contributed by atoms with Crippen molar-refractivity contribution in [3.63, 3.8) is 0 Å². The first-order valence-electron chi connectivity index (χ1n) is 10.0. The third-order valence-corrected chi connectivity index (χ3v) is 6.55. The topological polar surface area (TPSA) is 113 Å². The molecular weight excluding hydrogens is 429 g/mol. The molecular formula is C20H28FN3O6S. The summed E-state index contributed by atoms with van der Waals surface area (Å²) in [7, 11) is -2.88. The molecule has 1 aliphatic heterocycles. The Bertz CT molecular complexity index is 923. The normalized spacial score (nSPS) is 17.7. The summed E-state index contributed by atoms with van der Waals surface area (Å²) >= 11 is 0. The van der Waals surface area contributed by atoms with Crippen LogP contribution >= 0.6 is 0 Å². The molecule has 2 rings (SSSR count). The second-order valence-corrected chi connectivity index (χ2v) is 9.08. The molecule has 1 unspecified atom stereocenters. The van der Waals surface area contributed by atoms with Gasteiger partial charge in [0, 0.05) is 20.1 Å². The number of likely N-dealkylation sites (N-methyl/N-ethyl adjacent to an activating group) is 1. The maximum atomic E-state index is 13.8. The molecule has 9 nitrogen and oxygen atoms in total. The molecule has 1 aliphatic rings. The van der Waals surface area contributed by atoms with E-state index in [2.05, 4.69) is 4.72 Å². The van der Waals surface area contributed by atoms with Crippen LogP contribution in [0.5, 0.6) is 0 Å². The number of nitrogens with zero attached hydrogens (tertiary/aromatic N) is 2. The summed E-state index contributed by atoms with van der Waals surface area (Å²) in [4.78, 5) is 39.2. The first-order valence-corrected chi connectivity index (χ1v) is 11.5. The Hall–Kier alpha value is -2.53. The van der Waals surface area contributed by atoms with Crippen molar-refractivity contribution in [2.45, 2.75) is 37.6 Å². The summed E-state index contributed by atoms with van der Waals surface area (Å²) in [5.41, 5.74) is 0. The van der Waals surface area contributed by atoms with Crippen LogP contribution in [-0.2, 0) is 29.1 Å². The van der Waals surface area contributed by atoms with E-state index in [-0.39, 0.29) is 31.6 Å². The zero-order chi connectivity index (χ0) is 23.2. The molecule has 1 aromatic carbocycles. The largest absolute Gasteiger partial charge is 0.466 e. The van der Waals surface area contributed by atoms with E-state index in [1.807, 2.05) is 0 Å². The maximum absolute atomic E-state index is 13.8. The fourth-order valence-electron chi connectivity index (χ4n) is 3.38. The lowest BCUT2D eigenvalue weighted by Gasteiger charge is -2.33. The molecule has 0 aromatic heterocycles. The molecule has 0 saturated carbocycles. The second-order valence-electron chi connectivity index (χ2n) is 7.40. The van der Waals surface area contributed by atoms with E-state index in [1.165, 1.54) is 31.0 Å². The van der Waals surface area contributed by atoms with Crippen LogP contribution in [0.15, 0.2) is 29.2 Å². The average Bonchev–Trinajstić information content (AvgIpc) is 2.73. The van der Waals surface area contributed by atoms with Crippen LogP contribution in [0, 0.1) is 11.7 Å². The Kier molecular flexibility index (Phi) is 8.52. The highest BCUT2D eigenvalue weighted by Crippen LogP contribution is 2.18. The van der Waals surface area contributed by atoms with E-state index in [9.17, 15) is 27.2 Å². The van der Waals surface area contributed by atoms with Gasteiger partial charge < -0.3 is 14.5 Å². The van der Waals surface area contributed by atoms with Gasteiger partial charge in [-0.1, -0.05) is 12.1 Å². The van der Waals surface area contributed by atoms with E-state index in [0.29, 0.717) is 19.4 Å². The number of nitrogens with one attached hydrogen (secondary N) is 1.